The summed E-state index contributed by atoms with van der Waals surface area (Å²) >= 11 is 0. The van der Waals surface area contributed by atoms with Crippen LogP contribution in [0.3, 0.4) is 0 Å². The van der Waals surface area contributed by atoms with Crippen molar-refractivity contribution in [2.24, 2.45) is 0 Å². The van der Waals surface area contributed by atoms with Gasteiger partial charge in [0, 0.05) is 37.0 Å². The van der Waals surface area contributed by atoms with E-state index in [1.165, 1.54) is 7.11 Å². The number of amides is 2. The Morgan fingerprint density at radius 1 is 1.05 bits per heavy atom. The minimum Gasteiger partial charge on any atom is -0.465 e. The predicted molar refractivity (Wildman–Crippen MR) is 154 cm³/mol. The molecule has 3 N–H and O–H groups in total. The van der Waals surface area contributed by atoms with Crippen molar-refractivity contribution in [2.75, 3.05) is 44.9 Å². The number of ether oxygens (including phenoxy) is 1. The summed E-state index contributed by atoms with van der Waals surface area (Å²) in [6.07, 6.45) is -0.590. The fraction of sp³-hybridized carbons (Fsp3) is 0.258. The molecule has 3 aromatic rings. The number of rotatable bonds is 6. The lowest BCUT2D eigenvalue weighted by atomic mass is 9.96. The number of hydrogen-bond donors (Lipinski definition) is 3. The number of hydrogen-bond acceptors (Lipinski definition) is 7. The lowest BCUT2D eigenvalue weighted by Gasteiger charge is -2.26. The number of likely N-dealkylation sites (tertiary alicyclic amines) is 1. The highest BCUT2D eigenvalue weighted by molar-refractivity contribution is 6.37. The second-order valence-corrected chi connectivity index (χ2v) is 10.2. The summed E-state index contributed by atoms with van der Waals surface area (Å²) < 4.78 is 4.89. The van der Waals surface area contributed by atoms with Gasteiger partial charge in [-0.1, -0.05) is 30.3 Å². The predicted octanol–water partition coefficient (Wildman–Crippen LogP) is 3.46. The van der Waals surface area contributed by atoms with Crippen LogP contribution in [0.1, 0.15) is 37.4 Å². The van der Waals surface area contributed by atoms with Gasteiger partial charge in [0.25, 0.3) is 11.8 Å². The molecule has 2 heterocycles. The van der Waals surface area contributed by atoms with Gasteiger partial charge in [-0.25, -0.2) is 4.79 Å². The van der Waals surface area contributed by atoms with Crippen LogP contribution < -0.4 is 10.6 Å². The number of aliphatic hydroxyl groups excluding tert-OH is 1. The number of aliphatic hydroxyl groups is 1. The van der Waals surface area contributed by atoms with Crippen LogP contribution >= 0.6 is 0 Å². The van der Waals surface area contributed by atoms with Gasteiger partial charge in [0.1, 0.15) is 0 Å². The van der Waals surface area contributed by atoms with Gasteiger partial charge in [-0.3, -0.25) is 9.59 Å². The van der Waals surface area contributed by atoms with E-state index in [9.17, 15) is 19.5 Å². The third-order valence-electron chi connectivity index (χ3n) is 7.49. The molecule has 2 aliphatic heterocycles. The summed E-state index contributed by atoms with van der Waals surface area (Å²) in [6, 6.07) is 19.7. The fourth-order valence-electron chi connectivity index (χ4n) is 5.32. The maximum absolute atomic E-state index is 13.3. The van der Waals surface area contributed by atoms with Gasteiger partial charge in [0.05, 0.1) is 41.8 Å². The first-order valence-electron chi connectivity index (χ1n) is 13.0. The molecule has 1 fully saturated rings. The van der Waals surface area contributed by atoms with E-state index in [0.29, 0.717) is 58.0 Å². The van der Waals surface area contributed by atoms with Crippen molar-refractivity contribution in [1.82, 2.24) is 9.80 Å². The van der Waals surface area contributed by atoms with Crippen molar-refractivity contribution in [3.8, 4) is 0 Å². The second kappa shape index (κ2) is 11.0. The van der Waals surface area contributed by atoms with E-state index in [-0.39, 0.29) is 17.9 Å². The Balaban J connectivity index is 1.48. The van der Waals surface area contributed by atoms with Gasteiger partial charge in [0.15, 0.2) is 0 Å². The third kappa shape index (κ3) is 5.09. The van der Waals surface area contributed by atoms with Crippen LogP contribution in [-0.2, 0) is 9.53 Å². The zero-order valence-corrected chi connectivity index (χ0v) is 22.9. The van der Waals surface area contributed by atoms with E-state index in [1.807, 2.05) is 48.3 Å². The molecule has 1 saturated heterocycles. The SMILES string of the molecule is COC(=O)c1cc2c(cc1C)/C(=C(/Nc1ccc(C(=O)N(C)C3CN(C)C[C@@H]3O)cc1)c1ccccc1)C(=O)N2. The largest absolute Gasteiger partial charge is 0.465 e. The summed E-state index contributed by atoms with van der Waals surface area (Å²) in [5.41, 5.74) is 5.32. The van der Waals surface area contributed by atoms with E-state index in [2.05, 4.69) is 10.6 Å². The summed E-state index contributed by atoms with van der Waals surface area (Å²) in [5.74, 6) is -0.937. The number of likely N-dealkylation sites (N-methyl/N-ethyl adjacent to an activating group) is 2. The molecule has 0 spiro atoms. The van der Waals surface area contributed by atoms with E-state index < -0.39 is 12.1 Å². The lowest BCUT2D eigenvalue weighted by molar-refractivity contribution is -0.110. The Hall–Kier alpha value is -4.47. The minimum absolute atomic E-state index is 0.173. The van der Waals surface area contributed by atoms with Crippen molar-refractivity contribution >= 4 is 40.4 Å². The molecule has 3 aromatic carbocycles. The molecular formula is C31H32N4O5. The summed E-state index contributed by atoms with van der Waals surface area (Å²) in [7, 11) is 4.95. The number of β-amino-alcohol motifs (C(OH)–C–C–N with tert-alkyl or cyclic N) is 1. The van der Waals surface area contributed by atoms with Gasteiger partial charge in [-0.2, -0.15) is 0 Å². The van der Waals surface area contributed by atoms with E-state index in [0.717, 1.165) is 5.56 Å². The molecule has 1 unspecified atom stereocenters. The monoisotopic (exact) mass is 540 g/mol. The maximum Gasteiger partial charge on any atom is 0.338 e. The maximum atomic E-state index is 13.3. The molecule has 5 rings (SSSR count). The molecule has 9 heteroatoms. The lowest BCUT2D eigenvalue weighted by Crippen LogP contribution is -2.44. The van der Waals surface area contributed by atoms with Gasteiger partial charge in [-0.05, 0) is 61.5 Å². The highest BCUT2D eigenvalue weighted by Gasteiger charge is 2.35. The summed E-state index contributed by atoms with van der Waals surface area (Å²) in [6.45, 7) is 2.95. The Labute approximate surface area is 233 Å². The number of carbonyl (C=O) groups is 3. The molecule has 0 aromatic heterocycles. The number of fused-ring (bicyclic) bond motifs is 1. The quantitative estimate of drug-likeness (QED) is 0.324. The molecule has 206 valence electrons. The van der Waals surface area contributed by atoms with Crippen molar-refractivity contribution in [3.05, 3.63) is 94.5 Å². The Morgan fingerprint density at radius 3 is 2.38 bits per heavy atom. The molecule has 0 bridgehead atoms. The Bertz CT molecular complexity index is 1500. The molecule has 40 heavy (non-hydrogen) atoms. The van der Waals surface area contributed by atoms with Crippen molar-refractivity contribution in [3.63, 3.8) is 0 Å². The molecule has 0 radical (unpaired) electrons. The standard InChI is InChI=1S/C31H32N4O5/c1-18-14-23-24(15-22(18)31(39)40-4)33-29(37)27(23)28(19-8-6-5-7-9-19)32-21-12-10-20(11-13-21)30(38)35(3)25-16-34(2)17-26(25)36/h5-15,25-26,32,36H,16-17H2,1-4H3,(H,33,37)/b28-27-/t25?,26-/m0/s1. The first-order valence-corrected chi connectivity index (χ1v) is 13.0. The Morgan fingerprint density at radius 2 is 1.75 bits per heavy atom. The van der Waals surface area contributed by atoms with Crippen molar-refractivity contribution in [1.29, 1.82) is 0 Å². The second-order valence-electron chi connectivity index (χ2n) is 10.2. The van der Waals surface area contributed by atoms with E-state index in [1.54, 1.807) is 49.2 Å². The van der Waals surface area contributed by atoms with Gasteiger partial charge in [0.2, 0.25) is 0 Å². The molecule has 2 aliphatic rings. The number of anilines is 2. The van der Waals surface area contributed by atoms with Crippen LogP contribution in [-0.4, -0.2) is 79.1 Å². The number of carbonyl (C=O) groups excluding carboxylic acids is 3. The van der Waals surface area contributed by atoms with Crippen LogP contribution in [0.2, 0.25) is 0 Å². The zero-order valence-electron chi connectivity index (χ0n) is 22.9. The van der Waals surface area contributed by atoms with Crippen molar-refractivity contribution in [2.45, 2.75) is 19.1 Å². The minimum atomic E-state index is -0.590. The van der Waals surface area contributed by atoms with E-state index in [4.69, 9.17) is 4.74 Å². The highest BCUT2D eigenvalue weighted by Crippen LogP contribution is 2.39. The number of esters is 1. The van der Waals surface area contributed by atoms with Gasteiger partial charge in [-0.15, -0.1) is 0 Å². The summed E-state index contributed by atoms with van der Waals surface area (Å²) in [5, 5.41) is 16.6. The zero-order chi connectivity index (χ0) is 28.6. The van der Waals surface area contributed by atoms with Crippen molar-refractivity contribution < 1.29 is 24.2 Å². The number of methoxy groups -OCH3 is 1. The molecular weight excluding hydrogens is 508 g/mol. The molecule has 9 nitrogen and oxygen atoms in total. The number of benzene rings is 3. The highest BCUT2D eigenvalue weighted by atomic mass is 16.5. The van der Waals surface area contributed by atoms with Crippen LogP contribution in [0, 0.1) is 6.92 Å². The van der Waals surface area contributed by atoms with Crippen LogP contribution in [0.5, 0.6) is 0 Å². The topological polar surface area (TPSA) is 111 Å². The molecule has 2 atom stereocenters. The van der Waals surface area contributed by atoms with Crippen LogP contribution in [0.15, 0.2) is 66.7 Å². The normalized spacial score (nSPS) is 19.6. The number of nitrogens with zero attached hydrogens (tertiary/aromatic N) is 2. The fourth-order valence-corrected chi connectivity index (χ4v) is 5.32. The average molecular weight is 541 g/mol. The smallest absolute Gasteiger partial charge is 0.338 e. The van der Waals surface area contributed by atoms with E-state index >= 15 is 0 Å². The number of nitrogens with one attached hydrogen (secondary N) is 2. The molecule has 0 aliphatic carbocycles. The first kappa shape index (κ1) is 27.1. The molecule has 0 saturated carbocycles. The average Bonchev–Trinajstić information content (AvgIpc) is 3.47. The van der Waals surface area contributed by atoms with Crippen LogP contribution in [0.25, 0.3) is 11.3 Å². The van der Waals surface area contributed by atoms with Gasteiger partial charge < -0.3 is 30.3 Å². The van der Waals surface area contributed by atoms with Crippen LogP contribution in [0.4, 0.5) is 11.4 Å². The first-order chi connectivity index (χ1) is 19.2. The Kier molecular flexibility index (Phi) is 7.42. The molecule has 2 amide bonds. The van der Waals surface area contributed by atoms with Gasteiger partial charge >= 0.3 is 5.97 Å². The number of aryl methyl sites for hydroxylation is 1. The third-order valence-corrected chi connectivity index (χ3v) is 7.49. The summed E-state index contributed by atoms with van der Waals surface area (Å²) in [4.78, 5) is 42.2.